The molecule has 0 spiro atoms. The van der Waals surface area contributed by atoms with Gasteiger partial charge in [0.2, 0.25) is 5.91 Å². The minimum atomic E-state index is -0.370. The van der Waals surface area contributed by atoms with E-state index in [2.05, 4.69) is 16.7 Å². The van der Waals surface area contributed by atoms with E-state index in [0.29, 0.717) is 6.61 Å². The van der Waals surface area contributed by atoms with Crippen molar-refractivity contribution < 1.29 is 14.3 Å². The van der Waals surface area contributed by atoms with Crippen LogP contribution in [-0.4, -0.2) is 23.6 Å². The first-order valence-corrected chi connectivity index (χ1v) is 7.66. The maximum atomic E-state index is 11.7. The summed E-state index contributed by atoms with van der Waals surface area (Å²) in [7, 11) is 0. The molecule has 0 atom stereocenters. The summed E-state index contributed by atoms with van der Waals surface area (Å²) in [5, 5.41) is 5.73. The third-order valence-corrected chi connectivity index (χ3v) is 2.96. The van der Waals surface area contributed by atoms with Gasteiger partial charge in [-0.2, -0.15) is 0 Å². The van der Waals surface area contributed by atoms with Gasteiger partial charge in [-0.05, 0) is 55.7 Å². The Bertz CT molecular complexity index is 538. The van der Waals surface area contributed by atoms with Crippen LogP contribution in [0, 0.1) is 13.8 Å². The summed E-state index contributed by atoms with van der Waals surface area (Å²) in [4.78, 5) is 23.0. The molecular formula is C16H22N2O3S. The Labute approximate surface area is 136 Å². The van der Waals surface area contributed by atoms with Crippen molar-refractivity contribution in [1.29, 1.82) is 0 Å². The number of carbonyl (C=O) groups is 2. The lowest BCUT2D eigenvalue weighted by Gasteiger charge is -2.11. The first-order chi connectivity index (χ1) is 10.4. The third-order valence-electron chi connectivity index (χ3n) is 2.76. The number of carbonyl (C=O) groups excluding carboxylic acids is 2. The Morgan fingerprint density at radius 2 is 1.77 bits per heavy atom. The number of thiocarbonyl (C=S) groups is 1. The van der Waals surface area contributed by atoms with E-state index in [-0.39, 0.29) is 29.8 Å². The maximum Gasteiger partial charge on any atom is 0.306 e. The van der Waals surface area contributed by atoms with Crippen molar-refractivity contribution in [1.82, 2.24) is 5.32 Å². The molecular weight excluding hydrogens is 300 g/mol. The van der Waals surface area contributed by atoms with Crippen molar-refractivity contribution in [2.24, 2.45) is 0 Å². The Morgan fingerprint density at radius 3 is 2.36 bits per heavy atom. The number of amides is 1. The van der Waals surface area contributed by atoms with Crippen molar-refractivity contribution in [2.75, 3.05) is 11.9 Å². The smallest absolute Gasteiger partial charge is 0.306 e. The van der Waals surface area contributed by atoms with Crippen molar-refractivity contribution in [3.05, 3.63) is 29.3 Å². The van der Waals surface area contributed by atoms with Crippen LogP contribution in [0.25, 0.3) is 0 Å². The second-order valence-corrected chi connectivity index (χ2v) is 5.51. The van der Waals surface area contributed by atoms with Crippen LogP contribution in [0.3, 0.4) is 0 Å². The lowest BCUT2D eigenvalue weighted by atomic mass is 10.1. The molecule has 0 aromatic heterocycles. The van der Waals surface area contributed by atoms with Crippen LogP contribution in [0.4, 0.5) is 5.69 Å². The van der Waals surface area contributed by atoms with E-state index in [4.69, 9.17) is 17.0 Å². The SMILES string of the molecule is CCCOC(=O)CCC(=O)NC(=S)Nc1cc(C)cc(C)c1. The van der Waals surface area contributed by atoms with Gasteiger partial charge in [0.25, 0.3) is 0 Å². The van der Waals surface area contributed by atoms with E-state index in [1.54, 1.807) is 0 Å². The predicted octanol–water partition coefficient (Wildman–Crippen LogP) is 2.85. The monoisotopic (exact) mass is 322 g/mol. The molecule has 0 bridgehead atoms. The molecule has 0 heterocycles. The molecule has 0 unspecified atom stereocenters. The Morgan fingerprint density at radius 1 is 1.14 bits per heavy atom. The van der Waals surface area contributed by atoms with Gasteiger partial charge in [-0.15, -0.1) is 0 Å². The molecule has 2 N–H and O–H groups in total. The fourth-order valence-corrected chi connectivity index (χ4v) is 2.13. The van der Waals surface area contributed by atoms with Gasteiger partial charge in [-0.3, -0.25) is 9.59 Å². The molecule has 22 heavy (non-hydrogen) atoms. The van der Waals surface area contributed by atoms with Crippen LogP contribution in [0.1, 0.15) is 37.3 Å². The number of hydrogen-bond acceptors (Lipinski definition) is 4. The Balaban J connectivity index is 2.38. The number of esters is 1. The molecule has 1 rings (SSSR count). The van der Waals surface area contributed by atoms with Crippen LogP contribution < -0.4 is 10.6 Å². The lowest BCUT2D eigenvalue weighted by molar-refractivity contribution is -0.144. The van der Waals surface area contributed by atoms with Crippen molar-refractivity contribution in [2.45, 2.75) is 40.0 Å². The van der Waals surface area contributed by atoms with Gasteiger partial charge < -0.3 is 15.4 Å². The van der Waals surface area contributed by atoms with Crippen LogP contribution in [0.2, 0.25) is 0 Å². The van der Waals surface area contributed by atoms with Gasteiger partial charge in [0, 0.05) is 12.1 Å². The first kappa shape index (κ1) is 18.1. The van der Waals surface area contributed by atoms with Gasteiger partial charge in [0.1, 0.15) is 0 Å². The molecule has 0 radical (unpaired) electrons. The summed E-state index contributed by atoms with van der Waals surface area (Å²) in [6.07, 6.45) is 0.872. The van der Waals surface area contributed by atoms with Crippen molar-refractivity contribution >= 4 is 34.9 Å². The molecule has 6 heteroatoms. The molecule has 0 saturated heterocycles. The highest BCUT2D eigenvalue weighted by Gasteiger charge is 2.09. The van der Waals surface area contributed by atoms with Crippen molar-refractivity contribution in [3.8, 4) is 0 Å². The minimum absolute atomic E-state index is 0.0528. The zero-order chi connectivity index (χ0) is 16.5. The number of benzene rings is 1. The van der Waals surface area contributed by atoms with Gasteiger partial charge in [-0.1, -0.05) is 13.0 Å². The van der Waals surface area contributed by atoms with E-state index >= 15 is 0 Å². The number of anilines is 1. The summed E-state index contributed by atoms with van der Waals surface area (Å²) in [6.45, 7) is 6.27. The summed E-state index contributed by atoms with van der Waals surface area (Å²) < 4.78 is 4.90. The van der Waals surface area contributed by atoms with Crippen LogP contribution in [0.15, 0.2) is 18.2 Å². The summed E-state index contributed by atoms with van der Waals surface area (Å²) in [5.41, 5.74) is 3.04. The van der Waals surface area contributed by atoms with Gasteiger partial charge in [0.05, 0.1) is 13.0 Å². The molecule has 1 aromatic rings. The topological polar surface area (TPSA) is 67.4 Å². The zero-order valence-corrected chi connectivity index (χ0v) is 14.0. The second-order valence-electron chi connectivity index (χ2n) is 5.10. The molecule has 1 aromatic carbocycles. The highest BCUT2D eigenvalue weighted by atomic mass is 32.1. The molecule has 120 valence electrons. The number of aryl methyl sites for hydroxylation is 2. The standard InChI is InChI=1S/C16H22N2O3S/c1-4-7-21-15(20)6-5-14(19)18-16(22)17-13-9-11(2)8-12(3)10-13/h8-10H,4-7H2,1-3H3,(H2,17,18,19,22). The van der Waals surface area contributed by atoms with E-state index in [0.717, 1.165) is 23.2 Å². The lowest BCUT2D eigenvalue weighted by Crippen LogP contribution is -2.34. The van der Waals surface area contributed by atoms with E-state index in [1.807, 2.05) is 32.9 Å². The quantitative estimate of drug-likeness (QED) is 0.623. The maximum absolute atomic E-state index is 11.7. The first-order valence-electron chi connectivity index (χ1n) is 7.25. The molecule has 0 aliphatic heterocycles. The summed E-state index contributed by atoms with van der Waals surface area (Å²) in [5.74, 6) is -0.680. The van der Waals surface area contributed by atoms with E-state index < -0.39 is 0 Å². The zero-order valence-electron chi connectivity index (χ0n) is 13.2. The number of ether oxygens (including phenoxy) is 1. The fourth-order valence-electron chi connectivity index (χ4n) is 1.90. The molecule has 1 amide bonds. The highest BCUT2D eigenvalue weighted by Crippen LogP contribution is 2.13. The van der Waals surface area contributed by atoms with Crippen LogP contribution >= 0.6 is 12.2 Å². The summed E-state index contributed by atoms with van der Waals surface area (Å²) >= 11 is 5.09. The minimum Gasteiger partial charge on any atom is -0.466 e. The van der Waals surface area contributed by atoms with Crippen LogP contribution in [-0.2, 0) is 14.3 Å². The number of rotatable bonds is 6. The molecule has 0 aliphatic carbocycles. The normalized spacial score (nSPS) is 9.95. The number of hydrogen-bond donors (Lipinski definition) is 2. The van der Waals surface area contributed by atoms with E-state index in [1.165, 1.54) is 0 Å². The number of nitrogens with one attached hydrogen (secondary N) is 2. The average molecular weight is 322 g/mol. The Kier molecular flexibility index (Phi) is 7.52. The largest absolute Gasteiger partial charge is 0.466 e. The van der Waals surface area contributed by atoms with Gasteiger partial charge >= 0.3 is 5.97 Å². The molecule has 5 nitrogen and oxygen atoms in total. The molecule has 0 aliphatic rings. The highest BCUT2D eigenvalue weighted by molar-refractivity contribution is 7.80. The fraction of sp³-hybridized carbons (Fsp3) is 0.438. The third kappa shape index (κ3) is 7.17. The molecule has 0 saturated carbocycles. The molecule has 0 fully saturated rings. The summed E-state index contributed by atoms with van der Waals surface area (Å²) in [6, 6.07) is 5.93. The van der Waals surface area contributed by atoms with Gasteiger partial charge in [-0.25, -0.2) is 0 Å². The predicted molar refractivity (Wildman–Crippen MR) is 90.8 cm³/mol. The average Bonchev–Trinajstić information content (AvgIpc) is 2.41. The Hall–Kier alpha value is -1.95. The second kappa shape index (κ2) is 9.15. The van der Waals surface area contributed by atoms with Gasteiger partial charge in [0.15, 0.2) is 5.11 Å². The van der Waals surface area contributed by atoms with E-state index in [9.17, 15) is 9.59 Å². The van der Waals surface area contributed by atoms with Crippen LogP contribution in [0.5, 0.6) is 0 Å². The van der Waals surface area contributed by atoms with Crippen molar-refractivity contribution in [3.63, 3.8) is 0 Å².